The van der Waals surface area contributed by atoms with Gasteiger partial charge in [-0.25, -0.2) is 4.39 Å². The molecule has 0 aromatic carbocycles. The third-order valence-electron chi connectivity index (χ3n) is 1.51. The van der Waals surface area contributed by atoms with Gasteiger partial charge in [-0.15, -0.1) is 0 Å². The zero-order valence-corrected chi connectivity index (χ0v) is 6.57. The molecule has 1 atom stereocenters. The topological polar surface area (TPSA) is 59.1 Å². The zero-order chi connectivity index (χ0) is 8.97. The Morgan fingerprint density at radius 2 is 2.33 bits per heavy atom. The summed E-state index contributed by atoms with van der Waals surface area (Å²) in [6.07, 6.45) is 0.901. The Labute approximate surface area is 70.0 Å². The molecule has 0 saturated heterocycles. The molecule has 0 fully saturated rings. The van der Waals surface area contributed by atoms with Crippen molar-refractivity contribution in [2.75, 3.05) is 6.54 Å². The molecule has 0 aliphatic heterocycles. The van der Waals surface area contributed by atoms with Crippen molar-refractivity contribution in [3.8, 4) is 0 Å². The smallest absolute Gasteiger partial charge is 0.141 e. The van der Waals surface area contributed by atoms with Crippen LogP contribution in [0.25, 0.3) is 0 Å². The first-order valence-electron chi connectivity index (χ1n) is 3.71. The predicted octanol–water partition coefficient (Wildman–Crippen LogP) is 0.0828. The van der Waals surface area contributed by atoms with Gasteiger partial charge >= 0.3 is 0 Å². The van der Waals surface area contributed by atoms with Crippen LogP contribution in [0.2, 0.25) is 0 Å². The molecule has 0 bridgehead atoms. The first-order chi connectivity index (χ1) is 5.72. The van der Waals surface area contributed by atoms with Gasteiger partial charge in [0.2, 0.25) is 0 Å². The van der Waals surface area contributed by atoms with E-state index in [-0.39, 0.29) is 12.4 Å². The fraction of sp³-hybridized carbons (Fsp3) is 0.375. The van der Waals surface area contributed by atoms with E-state index >= 15 is 0 Å². The number of aromatic nitrogens is 1. The number of hydrogen-bond donors (Lipinski definition) is 2. The van der Waals surface area contributed by atoms with E-state index in [1.807, 2.05) is 0 Å². The van der Waals surface area contributed by atoms with Crippen molar-refractivity contribution < 1.29 is 9.50 Å². The Bertz CT molecular complexity index is 237. The van der Waals surface area contributed by atoms with Gasteiger partial charge in [-0.2, -0.15) is 0 Å². The van der Waals surface area contributed by atoms with E-state index in [4.69, 9.17) is 10.8 Å². The van der Waals surface area contributed by atoms with E-state index in [0.717, 1.165) is 6.20 Å². The second kappa shape index (κ2) is 4.13. The fourth-order valence-corrected chi connectivity index (χ4v) is 0.852. The molecule has 1 unspecified atom stereocenters. The molecule has 3 N–H and O–H groups in total. The van der Waals surface area contributed by atoms with Gasteiger partial charge in [-0.3, -0.25) is 4.98 Å². The Kier molecular flexibility index (Phi) is 3.13. The maximum atomic E-state index is 12.4. The van der Waals surface area contributed by atoms with Gasteiger partial charge in [0, 0.05) is 18.7 Å². The number of halogens is 1. The number of nitrogens with two attached hydrogens (primary N) is 1. The summed E-state index contributed by atoms with van der Waals surface area (Å²) in [6, 6.07) is 2.85. The van der Waals surface area contributed by atoms with Crippen LogP contribution in [0.5, 0.6) is 0 Å². The molecule has 12 heavy (non-hydrogen) atoms. The molecular weight excluding hydrogens is 159 g/mol. The van der Waals surface area contributed by atoms with Crippen molar-refractivity contribution in [1.29, 1.82) is 0 Å². The van der Waals surface area contributed by atoms with Gasteiger partial charge in [0.15, 0.2) is 0 Å². The van der Waals surface area contributed by atoms with Crippen LogP contribution >= 0.6 is 0 Å². The quantitative estimate of drug-likeness (QED) is 0.675. The summed E-state index contributed by atoms with van der Waals surface area (Å²) in [5, 5.41) is 9.12. The summed E-state index contributed by atoms with van der Waals surface area (Å²) in [4.78, 5) is 3.78. The third kappa shape index (κ3) is 2.56. The number of aliphatic hydroxyl groups is 1. The molecule has 0 spiro atoms. The predicted molar refractivity (Wildman–Crippen MR) is 43.0 cm³/mol. The average molecular weight is 170 g/mol. The van der Waals surface area contributed by atoms with Gasteiger partial charge in [-0.05, 0) is 12.1 Å². The number of pyridine rings is 1. The summed E-state index contributed by atoms with van der Waals surface area (Å²) in [5.74, 6) is -0.374. The van der Waals surface area contributed by atoms with Crippen molar-refractivity contribution in [3.05, 3.63) is 29.8 Å². The molecule has 0 aliphatic rings. The molecule has 1 aromatic heterocycles. The molecule has 1 rings (SSSR count). The van der Waals surface area contributed by atoms with Crippen molar-refractivity contribution in [2.45, 2.75) is 12.5 Å². The SMILES string of the molecule is NCC(O)Cc1ccc(F)cn1. The first-order valence-corrected chi connectivity index (χ1v) is 3.71. The Morgan fingerprint density at radius 3 is 2.83 bits per heavy atom. The minimum absolute atomic E-state index is 0.194. The minimum Gasteiger partial charge on any atom is -0.391 e. The molecule has 66 valence electrons. The largest absolute Gasteiger partial charge is 0.391 e. The number of hydrogen-bond acceptors (Lipinski definition) is 3. The van der Waals surface area contributed by atoms with E-state index in [1.54, 1.807) is 0 Å². The van der Waals surface area contributed by atoms with E-state index in [0.29, 0.717) is 12.1 Å². The maximum Gasteiger partial charge on any atom is 0.141 e. The summed E-state index contributed by atoms with van der Waals surface area (Å²) in [6.45, 7) is 0.194. The van der Waals surface area contributed by atoms with Crippen LogP contribution < -0.4 is 5.73 Å². The van der Waals surface area contributed by atoms with Crippen molar-refractivity contribution in [3.63, 3.8) is 0 Å². The van der Waals surface area contributed by atoms with Crippen molar-refractivity contribution >= 4 is 0 Å². The normalized spacial score (nSPS) is 12.9. The Morgan fingerprint density at radius 1 is 1.58 bits per heavy atom. The van der Waals surface area contributed by atoms with Gasteiger partial charge in [0.05, 0.1) is 12.3 Å². The standard InChI is InChI=1S/C8H11FN2O/c9-6-1-2-7(11-5-6)3-8(12)4-10/h1-2,5,8,12H,3-4,10H2. The maximum absolute atomic E-state index is 12.4. The molecule has 1 heterocycles. The first kappa shape index (κ1) is 9.09. The number of rotatable bonds is 3. The van der Waals surface area contributed by atoms with Crippen molar-refractivity contribution in [2.24, 2.45) is 5.73 Å². The monoisotopic (exact) mass is 170 g/mol. The van der Waals surface area contributed by atoms with Gasteiger partial charge < -0.3 is 10.8 Å². The highest BCUT2D eigenvalue weighted by Gasteiger charge is 2.03. The van der Waals surface area contributed by atoms with Crippen LogP contribution in [-0.4, -0.2) is 22.7 Å². The highest BCUT2D eigenvalue weighted by atomic mass is 19.1. The van der Waals surface area contributed by atoms with Crippen LogP contribution in [0.3, 0.4) is 0 Å². The molecule has 0 saturated carbocycles. The van der Waals surface area contributed by atoms with E-state index in [9.17, 15) is 4.39 Å². The molecule has 3 nitrogen and oxygen atoms in total. The minimum atomic E-state index is -0.594. The third-order valence-corrected chi connectivity index (χ3v) is 1.51. The summed E-state index contributed by atoms with van der Waals surface area (Å²) >= 11 is 0. The van der Waals surface area contributed by atoms with E-state index in [1.165, 1.54) is 12.1 Å². The van der Waals surface area contributed by atoms with Gasteiger partial charge in [-0.1, -0.05) is 0 Å². The van der Waals surface area contributed by atoms with E-state index in [2.05, 4.69) is 4.98 Å². The van der Waals surface area contributed by atoms with Crippen LogP contribution in [0.1, 0.15) is 5.69 Å². The van der Waals surface area contributed by atoms with Crippen LogP contribution in [0.15, 0.2) is 18.3 Å². The van der Waals surface area contributed by atoms with Gasteiger partial charge in [0.1, 0.15) is 5.82 Å². The fourth-order valence-electron chi connectivity index (χ4n) is 0.852. The summed E-state index contributed by atoms with van der Waals surface area (Å²) < 4.78 is 12.4. The lowest BCUT2D eigenvalue weighted by molar-refractivity contribution is 0.182. The Hall–Kier alpha value is -1.00. The molecule has 0 aliphatic carbocycles. The average Bonchev–Trinajstić information content (AvgIpc) is 2.09. The van der Waals surface area contributed by atoms with Crippen molar-refractivity contribution in [1.82, 2.24) is 4.98 Å². The lowest BCUT2D eigenvalue weighted by atomic mass is 10.2. The molecule has 0 amide bonds. The van der Waals surface area contributed by atoms with Crippen LogP contribution in [0, 0.1) is 5.82 Å². The molecular formula is C8H11FN2O. The summed E-state index contributed by atoms with van der Waals surface area (Å²) in [5.41, 5.74) is 5.85. The highest BCUT2D eigenvalue weighted by molar-refractivity contribution is 5.06. The second-order valence-corrected chi connectivity index (χ2v) is 2.56. The lowest BCUT2D eigenvalue weighted by Gasteiger charge is -2.05. The van der Waals surface area contributed by atoms with Crippen LogP contribution in [0.4, 0.5) is 4.39 Å². The molecule has 4 heteroatoms. The molecule has 1 aromatic rings. The van der Waals surface area contributed by atoms with Crippen LogP contribution in [-0.2, 0) is 6.42 Å². The zero-order valence-electron chi connectivity index (χ0n) is 6.57. The molecule has 0 radical (unpaired) electrons. The Balaban J connectivity index is 2.58. The summed E-state index contributed by atoms with van der Waals surface area (Å²) in [7, 11) is 0. The number of aliphatic hydroxyl groups excluding tert-OH is 1. The second-order valence-electron chi connectivity index (χ2n) is 2.56. The number of nitrogens with zero attached hydrogens (tertiary/aromatic N) is 1. The lowest BCUT2D eigenvalue weighted by Crippen LogP contribution is -2.22. The highest BCUT2D eigenvalue weighted by Crippen LogP contribution is 2.00. The van der Waals surface area contributed by atoms with Gasteiger partial charge in [0.25, 0.3) is 0 Å². The van der Waals surface area contributed by atoms with E-state index < -0.39 is 6.10 Å².